The second-order valence-electron chi connectivity index (χ2n) is 5.75. The number of benzene rings is 1. The van der Waals surface area contributed by atoms with Gasteiger partial charge < -0.3 is 15.5 Å². The van der Waals surface area contributed by atoms with Crippen molar-refractivity contribution in [3.8, 4) is 0 Å². The lowest BCUT2D eigenvalue weighted by Gasteiger charge is -2.18. The highest BCUT2D eigenvalue weighted by Crippen LogP contribution is 2.21. The van der Waals surface area contributed by atoms with Gasteiger partial charge in [0.2, 0.25) is 5.91 Å². The first-order valence-electron chi connectivity index (χ1n) is 8.30. The van der Waals surface area contributed by atoms with Gasteiger partial charge in [-0.1, -0.05) is 36.2 Å². The minimum Gasteiger partial charge on any atom is -0.357 e. The highest BCUT2D eigenvalue weighted by Gasteiger charge is 2.25. The molecule has 1 aromatic carbocycles. The van der Waals surface area contributed by atoms with Crippen molar-refractivity contribution < 1.29 is 4.79 Å². The molecule has 1 unspecified atom stereocenters. The summed E-state index contributed by atoms with van der Waals surface area (Å²) in [6, 6.07) is 5.64. The molecule has 1 amide bonds. The Morgan fingerprint density at radius 2 is 2.12 bits per heavy atom. The first-order valence-corrected chi connectivity index (χ1v) is 9.05. The summed E-state index contributed by atoms with van der Waals surface area (Å²) in [5.74, 6) is 0.938. The summed E-state index contributed by atoms with van der Waals surface area (Å²) < 4.78 is 0. The van der Waals surface area contributed by atoms with Crippen LogP contribution in [0.1, 0.15) is 32.3 Å². The SMILES string of the molecule is CCNC(=NCc1ccc(Cl)cc1Cl)NC1CCN(C(=O)CC)C1.I. The first-order chi connectivity index (χ1) is 11.5. The molecule has 0 saturated carbocycles. The fraction of sp³-hybridized carbons (Fsp3) is 0.529. The standard InChI is InChI=1S/C17H24Cl2N4O.HI/c1-3-16(24)23-8-7-14(11-23)22-17(20-4-2)21-10-12-5-6-13(18)9-15(12)19;/h5-6,9,14H,3-4,7-8,10-11H2,1-2H3,(H2,20,21,22);1H. The summed E-state index contributed by atoms with van der Waals surface area (Å²) in [5, 5.41) is 7.87. The van der Waals surface area contributed by atoms with E-state index in [9.17, 15) is 4.79 Å². The molecule has 8 heteroatoms. The minimum atomic E-state index is 0. The smallest absolute Gasteiger partial charge is 0.222 e. The molecule has 1 aliphatic rings. The minimum absolute atomic E-state index is 0. The fourth-order valence-electron chi connectivity index (χ4n) is 2.66. The summed E-state index contributed by atoms with van der Waals surface area (Å²) in [7, 11) is 0. The number of rotatable bonds is 5. The molecule has 1 heterocycles. The van der Waals surface area contributed by atoms with E-state index >= 15 is 0 Å². The third-order valence-electron chi connectivity index (χ3n) is 3.95. The van der Waals surface area contributed by atoms with Gasteiger partial charge in [0.05, 0.1) is 6.54 Å². The van der Waals surface area contributed by atoms with Gasteiger partial charge in [-0.3, -0.25) is 4.79 Å². The van der Waals surface area contributed by atoms with Crippen molar-refractivity contribution in [2.24, 2.45) is 4.99 Å². The Morgan fingerprint density at radius 3 is 2.76 bits per heavy atom. The number of amides is 1. The monoisotopic (exact) mass is 498 g/mol. The zero-order chi connectivity index (χ0) is 17.5. The van der Waals surface area contributed by atoms with E-state index in [1.807, 2.05) is 30.9 Å². The molecule has 2 N–H and O–H groups in total. The number of aliphatic imine (C=N–C) groups is 1. The van der Waals surface area contributed by atoms with Crippen LogP contribution in [0.25, 0.3) is 0 Å². The molecule has 0 aromatic heterocycles. The summed E-state index contributed by atoms with van der Waals surface area (Å²) in [6.45, 7) is 6.67. The second kappa shape index (κ2) is 11.1. The van der Waals surface area contributed by atoms with Gasteiger partial charge in [0.25, 0.3) is 0 Å². The van der Waals surface area contributed by atoms with Crippen molar-refractivity contribution in [2.45, 2.75) is 39.3 Å². The van der Waals surface area contributed by atoms with Crippen LogP contribution in [0.15, 0.2) is 23.2 Å². The molecule has 0 bridgehead atoms. The molecule has 1 atom stereocenters. The van der Waals surface area contributed by atoms with Gasteiger partial charge in [-0.05, 0) is 31.0 Å². The Kier molecular flexibility index (Phi) is 9.89. The van der Waals surface area contributed by atoms with Crippen LogP contribution in [-0.4, -0.2) is 42.4 Å². The van der Waals surface area contributed by atoms with Crippen LogP contribution in [-0.2, 0) is 11.3 Å². The van der Waals surface area contributed by atoms with Crippen molar-refractivity contribution >= 4 is 59.0 Å². The van der Waals surface area contributed by atoms with Crippen LogP contribution in [0.2, 0.25) is 10.0 Å². The van der Waals surface area contributed by atoms with Gasteiger partial charge in [0.15, 0.2) is 5.96 Å². The number of carbonyl (C=O) groups is 1. The lowest BCUT2D eigenvalue weighted by atomic mass is 10.2. The van der Waals surface area contributed by atoms with Crippen LogP contribution < -0.4 is 10.6 Å². The fourth-order valence-corrected chi connectivity index (χ4v) is 3.12. The van der Waals surface area contributed by atoms with Crippen molar-refractivity contribution in [2.75, 3.05) is 19.6 Å². The molecule has 25 heavy (non-hydrogen) atoms. The molecule has 1 fully saturated rings. The Balaban J connectivity index is 0.00000312. The zero-order valence-corrected chi connectivity index (χ0v) is 18.4. The number of carbonyl (C=O) groups excluding carboxylic acids is 1. The molecule has 1 saturated heterocycles. The van der Waals surface area contributed by atoms with E-state index in [1.54, 1.807) is 6.07 Å². The van der Waals surface area contributed by atoms with Crippen LogP contribution in [0.4, 0.5) is 0 Å². The third-order valence-corrected chi connectivity index (χ3v) is 4.54. The maximum atomic E-state index is 11.8. The summed E-state index contributed by atoms with van der Waals surface area (Å²) in [5.41, 5.74) is 0.924. The largest absolute Gasteiger partial charge is 0.357 e. The van der Waals surface area contributed by atoms with Crippen LogP contribution >= 0.6 is 47.2 Å². The van der Waals surface area contributed by atoms with E-state index in [2.05, 4.69) is 15.6 Å². The summed E-state index contributed by atoms with van der Waals surface area (Å²) >= 11 is 12.1. The van der Waals surface area contributed by atoms with Crippen LogP contribution in [0.5, 0.6) is 0 Å². The average Bonchev–Trinajstić information content (AvgIpc) is 3.02. The van der Waals surface area contributed by atoms with E-state index in [0.29, 0.717) is 23.0 Å². The normalized spacial score (nSPS) is 17.2. The van der Waals surface area contributed by atoms with Crippen molar-refractivity contribution in [1.29, 1.82) is 0 Å². The lowest BCUT2D eigenvalue weighted by molar-refractivity contribution is -0.129. The van der Waals surface area contributed by atoms with E-state index in [1.165, 1.54) is 0 Å². The highest BCUT2D eigenvalue weighted by atomic mass is 127. The molecule has 0 aliphatic carbocycles. The predicted octanol–water partition coefficient (Wildman–Crippen LogP) is 3.68. The molecular formula is C17H25Cl2IN4O. The van der Waals surface area contributed by atoms with Gasteiger partial charge in [0.1, 0.15) is 0 Å². The maximum absolute atomic E-state index is 11.8. The van der Waals surface area contributed by atoms with E-state index < -0.39 is 0 Å². The molecule has 1 aromatic rings. The number of nitrogens with zero attached hydrogens (tertiary/aromatic N) is 2. The Bertz CT molecular complexity index is 612. The number of nitrogens with one attached hydrogen (secondary N) is 2. The van der Waals surface area contributed by atoms with E-state index in [4.69, 9.17) is 23.2 Å². The number of guanidine groups is 1. The Hall–Kier alpha value is -0.730. The van der Waals surface area contributed by atoms with E-state index in [-0.39, 0.29) is 35.9 Å². The average molecular weight is 499 g/mol. The highest BCUT2D eigenvalue weighted by molar-refractivity contribution is 14.0. The number of hydrogen-bond acceptors (Lipinski definition) is 2. The summed E-state index contributed by atoms with van der Waals surface area (Å²) in [6.07, 6.45) is 1.48. The van der Waals surface area contributed by atoms with Crippen LogP contribution in [0.3, 0.4) is 0 Å². The van der Waals surface area contributed by atoms with Gasteiger partial charge >= 0.3 is 0 Å². The Labute approximate surface area is 176 Å². The summed E-state index contributed by atoms with van der Waals surface area (Å²) in [4.78, 5) is 18.3. The third kappa shape index (κ3) is 6.83. The molecule has 140 valence electrons. The second-order valence-corrected chi connectivity index (χ2v) is 6.60. The molecule has 1 aliphatic heterocycles. The van der Waals surface area contributed by atoms with Crippen LogP contribution in [0, 0.1) is 0 Å². The molecule has 0 spiro atoms. The topological polar surface area (TPSA) is 56.7 Å². The quantitative estimate of drug-likeness (QED) is 0.370. The van der Waals surface area contributed by atoms with Gasteiger partial charge in [-0.25, -0.2) is 4.99 Å². The van der Waals surface area contributed by atoms with Gasteiger partial charge in [0, 0.05) is 42.1 Å². The lowest BCUT2D eigenvalue weighted by Crippen LogP contribution is -2.45. The van der Waals surface area contributed by atoms with E-state index in [0.717, 1.165) is 37.6 Å². The number of halogens is 3. The molecule has 2 rings (SSSR count). The molecule has 5 nitrogen and oxygen atoms in total. The maximum Gasteiger partial charge on any atom is 0.222 e. The van der Waals surface area contributed by atoms with Crippen molar-refractivity contribution in [1.82, 2.24) is 15.5 Å². The zero-order valence-electron chi connectivity index (χ0n) is 14.5. The van der Waals surface area contributed by atoms with Crippen molar-refractivity contribution in [3.63, 3.8) is 0 Å². The van der Waals surface area contributed by atoms with Gasteiger partial charge in [-0.2, -0.15) is 0 Å². The molecule has 0 radical (unpaired) electrons. The number of hydrogen-bond donors (Lipinski definition) is 2. The van der Waals surface area contributed by atoms with Crippen molar-refractivity contribution in [3.05, 3.63) is 33.8 Å². The van der Waals surface area contributed by atoms with Gasteiger partial charge in [-0.15, -0.1) is 24.0 Å². The Morgan fingerprint density at radius 1 is 1.36 bits per heavy atom. The number of likely N-dealkylation sites (tertiary alicyclic amines) is 1. The molecular weight excluding hydrogens is 474 g/mol. The predicted molar refractivity (Wildman–Crippen MR) is 115 cm³/mol. The first kappa shape index (κ1) is 22.3.